The minimum absolute atomic E-state index is 0.0715. The Balaban J connectivity index is 1.70. The van der Waals surface area contributed by atoms with Gasteiger partial charge in [0.2, 0.25) is 17.6 Å². The van der Waals surface area contributed by atoms with Crippen LogP contribution in [0, 0.1) is 5.92 Å². The number of carbonyl (C=O) groups excluding carboxylic acids is 2. The van der Waals surface area contributed by atoms with Crippen molar-refractivity contribution >= 4 is 33.4 Å². The smallest absolute Gasteiger partial charge is 0.245 e. The maximum atomic E-state index is 12.6. The summed E-state index contributed by atoms with van der Waals surface area (Å²) in [6.07, 6.45) is 2.55. The van der Waals surface area contributed by atoms with Gasteiger partial charge in [-0.3, -0.25) is 9.59 Å². The van der Waals surface area contributed by atoms with Gasteiger partial charge in [-0.2, -0.15) is 5.21 Å². The number of aromatic amines is 1. The minimum Gasteiger partial charge on any atom is -0.339 e. The van der Waals surface area contributed by atoms with Crippen molar-refractivity contribution in [2.75, 3.05) is 18.4 Å². The number of nitrogens with one attached hydrogen (secondary N) is 2. The second-order valence-electron chi connectivity index (χ2n) is 5.72. The molecular formula is C16H17BrN6O2. The molecule has 1 aliphatic heterocycles. The molecule has 0 radical (unpaired) electrons. The van der Waals surface area contributed by atoms with Crippen LogP contribution in [0.3, 0.4) is 0 Å². The average molecular weight is 405 g/mol. The van der Waals surface area contributed by atoms with Crippen LogP contribution in [0.4, 0.5) is 5.69 Å². The predicted molar refractivity (Wildman–Crippen MR) is 95.4 cm³/mol. The van der Waals surface area contributed by atoms with E-state index in [9.17, 15) is 9.59 Å². The third-order valence-corrected chi connectivity index (χ3v) is 4.67. The number of anilines is 1. The molecule has 2 N–H and O–H groups in total. The van der Waals surface area contributed by atoms with E-state index in [1.165, 1.54) is 6.08 Å². The van der Waals surface area contributed by atoms with Crippen LogP contribution in [0.2, 0.25) is 0 Å². The van der Waals surface area contributed by atoms with E-state index in [4.69, 9.17) is 0 Å². The standard InChI is InChI=1S/C16H17BrN6O2/c1-2-14(24)23-7-5-10(6-8-23)16(25)18-13-4-3-11(17)9-12(13)15-19-21-22-20-15/h2-4,9-10H,1,5-8H2,(H,18,25)(H,19,20,21,22). The first-order valence-corrected chi connectivity index (χ1v) is 8.63. The lowest BCUT2D eigenvalue weighted by Crippen LogP contribution is -2.40. The molecule has 2 amide bonds. The second-order valence-corrected chi connectivity index (χ2v) is 6.63. The normalized spacial score (nSPS) is 15.0. The Morgan fingerprint density at radius 3 is 2.76 bits per heavy atom. The van der Waals surface area contributed by atoms with E-state index in [0.717, 1.165) is 4.47 Å². The lowest BCUT2D eigenvalue weighted by Gasteiger charge is -2.30. The van der Waals surface area contributed by atoms with Crippen LogP contribution in [-0.4, -0.2) is 50.4 Å². The van der Waals surface area contributed by atoms with E-state index >= 15 is 0 Å². The second kappa shape index (κ2) is 7.56. The molecule has 2 heterocycles. The van der Waals surface area contributed by atoms with Crippen LogP contribution in [0.5, 0.6) is 0 Å². The number of hydrogen-bond acceptors (Lipinski definition) is 5. The van der Waals surface area contributed by atoms with Crippen molar-refractivity contribution < 1.29 is 9.59 Å². The number of halogens is 1. The molecule has 0 bridgehead atoms. The highest BCUT2D eigenvalue weighted by atomic mass is 79.9. The molecule has 3 rings (SSSR count). The van der Waals surface area contributed by atoms with Gasteiger partial charge in [-0.05, 0) is 42.3 Å². The van der Waals surface area contributed by atoms with E-state index in [1.54, 1.807) is 11.0 Å². The molecule has 25 heavy (non-hydrogen) atoms. The van der Waals surface area contributed by atoms with E-state index < -0.39 is 0 Å². The molecule has 1 aromatic carbocycles. The molecule has 0 spiro atoms. The number of carbonyl (C=O) groups is 2. The number of rotatable bonds is 4. The SMILES string of the molecule is C=CC(=O)N1CCC(C(=O)Nc2ccc(Br)cc2-c2nn[nH]n2)CC1. The van der Waals surface area contributed by atoms with Crippen molar-refractivity contribution in [2.45, 2.75) is 12.8 Å². The number of piperidine rings is 1. The summed E-state index contributed by atoms with van der Waals surface area (Å²) in [7, 11) is 0. The molecule has 0 atom stereocenters. The third-order valence-electron chi connectivity index (χ3n) is 4.18. The molecule has 0 aliphatic carbocycles. The Hall–Kier alpha value is -2.55. The Bertz CT molecular complexity index is 784. The maximum absolute atomic E-state index is 12.6. The van der Waals surface area contributed by atoms with Crippen molar-refractivity contribution in [3.8, 4) is 11.4 Å². The Kier molecular flexibility index (Phi) is 5.22. The van der Waals surface area contributed by atoms with E-state index in [0.29, 0.717) is 43.0 Å². The summed E-state index contributed by atoms with van der Waals surface area (Å²) >= 11 is 3.41. The number of tetrazole rings is 1. The zero-order valence-corrected chi connectivity index (χ0v) is 15.0. The zero-order chi connectivity index (χ0) is 17.8. The highest BCUT2D eigenvalue weighted by Gasteiger charge is 2.27. The first-order chi connectivity index (χ1) is 12.1. The number of amides is 2. The van der Waals surface area contributed by atoms with Crippen molar-refractivity contribution in [1.29, 1.82) is 0 Å². The monoisotopic (exact) mass is 404 g/mol. The number of hydrogen-bond donors (Lipinski definition) is 2. The Labute approximate surface area is 152 Å². The summed E-state index contributed by atoms with van der Waals surface area (Å²) in [5.74, 6) is 0.0996. The van der Waals surface area contributed by atoms with Gasteiger partial charge in [0.15, 0.2) is 0 Å². The summed E-state index contributed by atoms with van der Waals surface area (Å²) in [5, 5.41) is 16.9. The van der Waals surface area contributed by atoms with Gasteiger partial charge in [0, 0.05) is 29.0 Å². The molecule has 1 fully saturated rings. The van der Waals surface area contributed by atoms with Crippen molar-refractivity contribution in [1.82, 2.24) is 25.5 Å². The first kappa shape index (κ1) is 17.3. The lowest BCUT2D eigenvalue weighted by molar-refractivity contribution is -0.130. The van der Waals surface area contributed by atoms with Gasteiger partial charge >= 0.3 is 0 Å². The summed E-state index contributed by atoms with van der Waals surface area (Å²) in [6, 6.07) is 5.46. The fraction of sp³-hybridized carbons (Fsp3) is 0.312. The molecule has 1 aliphatic rings. The molecule has 8 nitrogen and oxygen atoms in total. The summed E-state index contributed by atoms with van der Waals surface area (Å²) in [4.78, 5) is 25.9. The van der Waals surface area contributed by atoms with Gasteiger partial charge in [-0.1, -0.05) is 22.5 Å². The predicted octanol–water partition coefficient (Wildman–Crippen LogP) is 1.99. The van der Waals surface area contributed by atoms with Crippen molar-refractivity contribution in [3.63, 3.8) is 0 Å². The highest BCUT2D eigenvalue weighted by Crippen LogP contribution is 2.29. The van der Waals surface area contributed by atoms with Crippen LogP contribution in [0.1, 0.15) is 12.8 Å². The summed E-state index contributed by atoms with van der Waals surface area (Å²) in [5.41, 5.74) is 1.30. The van der Waals surface area contributed by atoms with Crippen molar-refractivity contribution in [2.24, 2.45) is 5.92 Å². The molecule has 130 valence electrons. The summed E-state index contributed by atoms with van der Waals surface area (Å²) < 4.78 is 0.849. The molecule has 2 aromatic rings. The molecule has 0 saturated carbocycles. The van der Waals surface area contributed by atoms with Crippen LogP contribution in [0.15, 0.2) is 35.3 Å². The van der Waals surface area contributed by atoms with E-state index in [-0.39, 0.29) is 17.7 Å². The van der Waals surface area contributed by atoms with Crippen LogP contribution < -0.4 is 5.32 Å². The average Bonchev–Trinajstić information content (AvgIpc) is 3.17. The van der Waals surface area contributed by atoms with Crippen LogP contribution >= 0.6 is 15.9 Å². The third kappa shape index (κ3) is 3.93. The first-order valence-electron chi connectivity index (χ1n) is 7.84. The molecular weight excluding hydrogens is 388 g/mol. The van der Waals surface area contributed by atoms with Gasteiger partial charge in [-0.25, -0.2) is 0 Å². The largest absolute Gasteiger partial charge is 0.339 e. The number of likely N-dealkylation sites (tertiary alicyclic amines) is 1. The number of benzene rings is 1. The summed E-state index contributed by atoms with van der Waals surface area (Å²) in [6.45, 7) is 4.61. The van der Waals surface area contributed by atoms with Crippen LogP contribution in [0.25, 0.3) is 11.4 Å². The fourth-order valence-corrected chi connectivity index (χ4v) is 3.17. The minimum atomic E-state index is -0.143. The maximum Gasteiger partial charge on any atom is 0.245 e. The fourth-order valence-electron chi connectivity index (χ4n) is 2.81. The number of aromatic nitrogens is 4. The van der Waals surface area contributed by atoms with Gasteiger partial charge in [0.1, 0.15) is 0 Å². The van der Waals surface area contributed by atoms with Gasteiger partial charge in [0.25, 0.3) is 0 Å². The van der Waals surface area contributed by atoms with Crippen LogP contribution in [-0.2, 0) is 9.59 Å². The van der Waals surface area contributed by atoms with E-state index in [2.05, 4.69) is 48.4 Å². The molecule has 9 heteroatoms. The number of H-pyrrole nitrogens is 1. The van der Waals surface area contributed by atoms with Crippen molar-refractivity contribution in [3.05, 3.63) is 35.3 Å². The Morgan fingerprint density at radius 2 is 2.12 bits per heavy atom. The Morgan fingerprint density at radius 1 is 1.36 bits per heavy atom. The quantitative estimate of drug-likeness (QED) is 0.758. The molecule has 0 unspecified atom stereocenters. The van der Waals surface area contributed by atoms with Gasteiger partial charge in [0.05, 0.1) is 5.69 Å². The molecule has 1 saturated heterocycles. The number of nitrogens with zero attached hydrogens (tertiary/aromatic N) is 4. The lowest BCUT2D eigenvalue weighted by atomic mass is 9.95. The molecule has 1 aromatic heterocycles. The zero-order valence-electron chi connectivity index (χ0n) is 13.4. The highest BCUT2D eigenvalue weighted by molar-refractivity contribution is 9.10. The van der Waals surface area contributed by atoms with Gasteiger partial charge in [-0.15, -0.1) is 10.2 Å². The van der Waals surface area contributed by atoms with E-state index in [1.807, 2.05) is 12.1 Å². The topological polar surface area (TPSA) is 104 Å². The van der Waals surface area contributed by atoms with Gasteiger partial charge < -0.3 is 10.2 Å².